The Kier molecular flexibility index (Phi) is 7.55. The first-order chi connectivity index (χ1) is 6.07. The Balaban J connectivity index is 3.39. The highest BCUT2D eigenvalue weighted by atomic mass is 28.3. The first kappa shape index (κ1) is 13.1. The average Bonchev–Trinajstić information content (AvgIpc) is 2.03. The molecule has 0 spiro atoms. The monoisotopic (exact) mass is 205 g/mol. The van der Waals surface area contributed by atoms with Gasteiger partial charge in [-0.1, -0.05) is 27.2 Å². The molecule has 1 atom stereocenters. The molecule has 0 aromatic rings. The molecule has 80 valence electrons. The molecule has 0 aliphatic rings. The van der Waals surface area contributed by atoms with Crippen molar-refractivity contribution in [2.24, 2.45) is 0 Å². The van der Waals surface area contributed by atoms with Gasteiger partial charge in [-0.05, 0) is 24.9 Å². The predicted octanol–water partition coefficient (Wildman–Crippen LogP) is 0.750. The van der Waals surface area contributed by atoms with Gasteiger partial charge in [-0.3, -0.25) is 0 Å². The largest absolute Gasteiger partial charge is 0.413 e. The molecule has 0 saturated carbocycles. The van der Waals surface area contributed by atoms with Crippen LogP contribution in [0.15, 0.2) is 0 Å². The van der Waals surface area contributed by atoms with Crippen LogP contribution in [0.4, 0.5) is 0 Å². The fourth-order valence-corrected chi connectivity index (χ4v) is 2.27. The Bertz CT molecular complexity index is 120. The standard InChI is InChI=1S/C9H23NO2Si/c1-4-9(13(11)12)6-5-7-10-8(2)3/h8-13H,4-7H2,1-3H3. The molecule has 0 amide bonds. The van der Waals surface area contributed by atoms with Gasteiger partial charge < -0.3 is 14.9 Å². The van der Waals surface area contributed by atoms with Crippen LogP contribution in [0.5, 0.6) is 0 Å². The van der Waals surface area contributed by atoms with Crippen LogP contribution in [0.1, 0.15) is 40.0 Å². The second-order valence-corrected chi connectivity index (χ2v) is 5.60. The zero-order chi connectivity index (χ0) is 10.3. The maximum atomic E-state index is 9.09. The van der Waals surface area contributed by atoms with Gasteiger partial charge in [0.2, 0.25) is 0 Å². The van der Waals surface area contributed by atoms with Gasteiger partial charge in [0.05, 0.1) is 0 Å². The minimum absolute atomic E-state index is 0.175. The van der Waals surface area contributed by atoms with Crippen molar-refractivity contribution in [3.05, 3.63) is 0 Å². The number of rotatable bonds is 7. The van der Waals surface area contributed by atoms with E-state index in [0.717, 1.165) is 25.8 Å². The summed E-state index contributed by atoms with van der Waals surface area (Å²) < 4.78 is 0. The normalized spacial score (nSPS) is 14.1. The van der Waals surface area contributed by atoms with Crippen LogP contribution >= 0.6 is 0 Å². The first-order valence-electron chi connectivity index (χ1n) is 5.17. The summed E-state index contributed by atoms with van der Waals surface area (Å²) >= 11 is 0. The minimum Gasteiger partial charge on any atom is -0.413 e. The zero-order valence-corrected chi connectivity index (χ0v) is 10.1. The molecule has 0 aliphatic carbocycles. The lowest BCUT2D eigenvalue weighted by Crippen LogP contribution is -2.25. The third-order valence-corrected chi connectivity index (χ3v) is 3.90. The summed E-state index contributed by atoms with van der Waals surface area (Å²) in [7, 11) is -2.38. The third kappa shape index (κ3) is 7.19. The quantitative estimate of drug-likeness (QED) is 0.425. The van der Waals surface area contributed by atoms with Gasteiger partial charge in [-0.25, -0.2) is 0 Å². The van der Waals surface area contributed by atoms with Gasteiger partial charge >= 0.3 is 9.28 Å². The van der Waals surface area contributed by atoms with E-state index in [1.54, 1.807) is 0 Å². The van der Waals surface area contributed by atoms with Crippen molar-refractivity contribution in [3.63, 3.8) is 0 Å². The molecule has 0 aliphatic heterocycles. The molecule has 3 N–H and O–H groups in total. The van der Waals surface area contributed by atoms with E-state index < -0.39 is 9.28 Å². The van der Waals surface area contributed by atoms with E-state index in [-0.39, 0.29) is 5.54 Å². The maximum absolute atomic E-state index is 9.09. The molecule has 0 bridgehead atoms. The fourth-order valence-electron chi connectivity index (χ4n) is 1.32. The predicted molar refractivity (Wildman–Crippen MR) is 58.0 cm³/mol. The van der Waals surface area contributed by atoms with Crippen LogP contribution in [0.2, 0.25) is 5.54 Å². The Hall–Kier alpha value is 0.0969. The van der Waals surface area contributed by atoms with Gasteiger partial charge in [0.25, 0.3) is 0 Å². The SMILES string of the molecule is CCC(CCCNC(C)C)[SiH](O)O. The van der Waals surface area contributed by atoms with Gasteiger partial charge in [0, 0.05) is 6.04 Å². The van der Waals surface area contributed by atoms with E-state index in [9.17, 15) is 0 Å². The van der Waals surface area contributed by atoms with E-state index in [2.05, 4.69) is 19.2 Å². The van der Waals surface area contributed by atoms with Crippen molar-refractivity contribution >= 4 is 9.28 Å². The molecular formula is C9H23NO2Si. The van der Waals surface area contributed by atoms with Crippen LogP contribution in [-0.2, 0) is 0 Å². The van der Waals surface area contributed by atoms with Crippen LogP contribution in [0.3, 0.4) is 0 Å². The summed E-state index contributed by atoms with van der Waals surface area (Å²) in [4.78, 5) is 18.2. The van der Waals surface area contributed by atoms with E-state index in [1.165, 1.54) is 0 Å². The Morgan fingerprint density at radius 1 is 1.31 bits per heavy atom. The molecule has 0 rings (SSSR count). The van der Waals surface area contributed by atoms with Crippen LogP contribution in [-0.4, -0.2) is 31.5 Å². The fraction of sp³-hybridized carbons (Fsp3) is 1.00. The second-order valence-electron chi connectivity index (χ2n) is 3.83. The van der Waals surface area contributed by atoms with E-state index >= 15 is 0 Å². The van der Waals surface area contributed by atoms with Crippen molar-refractivity contribution in [1.82, 2.24) is 5.32 Å². The summed E-state index contributed by atoms with van der Waals surface area (Å²) in [6, 6.07) is 0.524. The first-order valence-corrected chi connectivity index (χ1v) is 6.87. The number of hydrogen-bond donors (Lipinski definition) is 3. The molecule has 4 heteroatoms. The number of hydrogen-bond acceptors (Lipinski definition) is 3. The highest BCUT2D eigenvalue weighted by molar-refractivity contribution is 6.43. The second kappa shape index (κ2) is 7.50. The van der Waals surface area contributed by atoms with Gasteiger partial charge in [-0.2, -0.15) is 0 Å². The molecule has 0 radical (unpaired) electrons. The van der Waals surface area contributed by atoms with E-state index in [4.69, 9.17) is 9.59 Å². The highest BCUT2D eigenvalue weighted by Crippen LogP contribution is 2.18. The molecule has 0 aromatic heterocycles. The maximum Gasteiger partial charge on any atom is 0.319 e. The van der Waals surface area contributed by atoms with Crippen molar-refractivity contribution < 1.29 is 9.59 Å². The summed E-state index contributed by atoms with van der Waals surface area (Å²) in [5.74, 6) is 0. The molecule has 3 nitrogen and oxygen atoms in total. The van der Waals surface area contributed by atoms with Gasteiger partial charge in [0.15, 0.2) is 0 Å². The number of nitrogens with one attached hydrogen (secondary N) is 1. The lowest BCUT2D eigenvalue weighted by Gasteiger charge is -2.15. The van der Waals surface area contributed by atoms with Gasteiger partial charge in [-0.15, -0.1) is 0 Å². The van der Waals surface area contributed by atoms with Gasteiger partial charge in [0.1, 0.15) is 0 Å². The summed E-state index contributed by atoms with van der Waals surface area (Å²) in [6.45, 7) is 7.24. The van der Waals surface area contributed by atoms with Crippen molar-refractivity contribution in [2.45, 2.75) is 51.6 Å². The molecule has 0 aromatic carbocycles. The zero-order valence-electron chi connectivity index (χ0n) is 8.95. The molecule has 0 fully saturated rings. The minimum atomic E-state index is -2.38. The topological polar surface area (TPSA) is 52.5 Å². The Morgan fingerprint density at radius 3 is 2.31 bits per heavy atom. The smallest absolute Gasteiger partial charge is 0.319 e. The third-order valence-electron chi connectivity index (χ3n) is 2.25. The Labute approximate surface area is 83.0 Å². The van der Waals surface area contributed by atoms with Crippen molar-refractivity contribution in [3.8, 4) is 0 Å². The molecule has 13 heavy (non-hydrogen) atoms. The van der Waals surface area contributed by atoms with Crippen LogP contribution < -0.4 is 5.32 Å². The van der Waals surface area contributed by atoms with E-state index in [0.29, 0.717) is 6.04 Å². The lowest BCUT2D eigenvalue weighted by molar-refractivity contribution is 0.372. The van der Waals surface area contributed by atoms with E-state index in [1.807, 2.05) is 6.92 Å². The van der Waals surface area contributed by atoms with Crippen LogP contribution in [0, 0.1) is 0 Å². The van der Waals surface area contributed by atoms with Crippen molar-refractivity contribution in [2.75, 3.05) is 6.54 Å². The lowest BCUT2D eigenvalue weighted by atomic mass is 10.2. The summed E-state index contributed by atoms with van der Waals surface area (Å²) in [5, 5.41) is 3.32. The molecular weight excluding hydrogens is 182 g/mol. The Morgan fingerprint density at radius 2 is 1.92 bits per heavy atom. The van der Waals surface area contributed by atoms with Crippen molar-refractivity contribution in [1.29, 1.82) is 0 Å². The summed E-state index contributed by atoms with van der Waals surface area (Å²) in [5.41, 5.74) is 0.175. The molecule has 0 saturated heterocycles. The summed E-state index contributed by atoms with van der Waals surface area (Å²) in [6.07, 6.45) is 2.88. The van der Waals surface area contributed by atoms with Crippen LogP contribution in [0.25, 0.3) is 0 Å². The molecule has 0 heterocycles. The molecule has 1 unspecified atom stereocenters. The average molecular weight is 205 g/mol. The highest BCUT2D eigenvalue weighted by Gasteiger charge is 2.16.